The summed E-state index contributed by atoms with van der Waals surface area (Å²) in [7, 11) is 0. The van der Waals surface area contributed by atoms with Gasteiger partial charge in [-0.25, -0.2) is 0 Å². The van der Waals surface area contributed by atoms with Crippen molar-refractivity contribution < 1.29 is 9.59 Å². The van der Waals surface area contributed by atoms with E-state index >= 15 is 0 Å². The van der Waals surface area contributed by atoms with Crippen LogP contribution in [-0.4, -0.2) is 23.4 Å². The summed E-state index contributed by atoms with van der Waals surface area (Å²) in [6.07, 6.45) is 2.80. The van der Waals surface area contributed by atoms with E-state index in [0.717, 1.165) is 19.3 Å². The van der Waals surface area contributed by atoms with Crippen molar-refractivity contribution in [2.75, 3.05) is 0 Å². The molecule has 2 unspecified atom stereocenters. The predicted octanol–water partition coefficient (Wildman–Crippen LogP) is 0.910. The lowest BCUT2D eigenvalue weighted by atomic mass is 9.96. The van der Waals surface area contributed by atoms with Gasteiger partial charge >= 0.3 is 0 Å². The number of carbonyl (C=O) groups excluding carboxylic acids is 2. The topological polar surface area (TPSA) is 98.2 Å². The molecular formula is C13H27N3O2. The lowest BCUT2D eigenvalue weighted by molar-refractivity contribution is -0.127. The Kier molecular flexibility index (Phi) is 6.91. The van der Waals surface area contributed by atoms with Crippen LogP contribution in [0.4, 0.5) is 0 Å². The van der Waals surface area contributed by atoms with Crippen LogP contribution in [0.15, 0.2) is 0 Å². The summed E-state index contributed by atoms with van der Waals surface area (Å²) < 4.78 is 0. The van der Waals surface area contributed by atoms with Gasteiger partial charge < -0.3 is 16.8 Å². The van der Waals surface area contributed by atoms with Gasteiger partial charge in [0.1, 0.15) is 0 Å². The molecule has 0 aliphatic carbocycles. The number of amides is 2. The van der Waals surface area contributed by atoms with Crippen LogP contribution in [0.3, 0.4) is 0 Å². The molecule has 0 rings (SSSR count). The van der Waals surface area contributed by atoms with E-state index in [9.17, 15) is 9.59 Å². The zero-order valence-corrected chi connectivity index (χ0v) is 12.0. The molecule has 0 aliphatic heterocycles. The van der Waals surface area contributed by atoms with Crippen LogP contribution in [-0.2, 0) is 9.59 Å². The molecule has 0 radical (unpaired) electrons. The van der Waals surface area contributed by atoms with Crippen molar-refractivity contribution in [3.63, 3.8) is 0 Å². The first-order valence-corrected chi connectivity index (χ1v) is 6.50. The van der Waals surface area contributed by atoms with Crippen molar-refractivity contribution in [2.24, 2.45) is 17.4 Å². The maximum absolute atomic E-state index is 11.9. The summed E-state index contributed by atoms with van der Waals surface area (Å²) >= 11 is 0. The third kappa shape index (κ3) is 8.06. The van der Waals surface area contributed by atoms with Gasteiger partial charge in [-0.2, -0.15) is 0 Å². The maximum Gasteiger partial charge on any atom is 0.223 e. The fourth-order valence-corrected chi connectivity index (χ4v) is 1.81. The standard InChI is InChI=1S/C13H27N3O2/c1-9(6-5-7-10(2)14)12(18)16-13(3,4)8-11(15)17/h9-10H,5-8,14H2,1-4H3,(H2,15,17)(H,16,18). The normalized spacial score (nSPS) is 14.9. The van der Waals surface area contributed by atoms with E-state index in [-0.39, 0.29) is 24.3 Å². The number of primary amides is 1. The number of carbonyl (C=O) groups is 2. The van der Waals surface area contributed by atoms with Gasteiger partial charge in [0.05, 0.1) is 0 Å². The van der Waals surface area contributed by atoms with Gasteiger partial charge in [0, 0.05) is 23.9 Å². The molecule has 0 aromatic rings. The molecule has 0 bridgehead atoms. The minimum absolute atomic E-state index is 0.0362. The predicted molar refractivity (Wildman–Crippen MR) is 72.7 cm³/mol. The van der Waals surface area contributed by atoms with Gasteiger partial charge in [0.2, 0.25) is 11.8 Å². The second kappa shape index (κ2) is 7.36. The van der Waals surface area contributed by atoms with Gasteiger partial charge in [0.25, 0.3) is 0 Å². The Morgan fingerprint density at radius 2 is 1.78 bits per heavy atom. The smallest absolute Gasteiger partial charge is 0.223 e. The molecule has 0 fully saturated rings. The zero-order chi connectivity index (χ0) is 14.3. The molecular weight excluding hydrogens is 230 g/mol. The second-order valence-electron chi connectivity index (χ2n) is 5.83. The first kappa shape index (κ1) is 16.9. The lowest BCUT2D eigenvalue weighted by Crippen LogP contribution is -2.47. The Bertz CT molecular complexity index is 288. The van der Waals surface area contributed by atoms with Crippen molar-refractivity contribution in [1.82, 2.24) is 5.32 Å². The number of rotatable bonds is 8. The molecule has 0 saturated heterocycles. The fraction of sp³-hybridized carbons (Fsp3) is 0.846. The Labute approximate surface area is 110 Å². The molecule has 2 amide bonds. The van der Waals surface area contributed by atoms with Crippen LogP contribution in [0.1, 0.15) is 53.4 Å². The average molecular weight is 257 g/mol. The number of hydrogen-bond acceptors (Lipinski definition) is 3. The molecule has 0 spiro atoms. The molecule has 2 atom stereocenters. The van der Waals surface area contributed by atoms with Gasteiger partial charge in [-0.05, 0) is 33.6 Å². The third-order valence-corrected chi connectivity index (χ3v) is 2.82. The molecule has 0 aliphatic rings. The molecule has 0 saturated carbocycles. The SMILES string of the molecule is CC(N)CCCC(C)C(=O)NC(C)(C)CC(N)=O. The first-order chi connectivity index (χ1) is 8.14. The monoisotopic (exact) mass is 257 g/mol. The highest BCUT2D eigenvalue weighted by Crippen LogP contribution is 2.13. The molecule has 5 nitrogen and oxygen atoms in total. The molecule has 5 heteroatoms. The lowest BCUT2D eigenvalue weighted by Gasteiger charge is -2.26. The second-order valence-corrected chi connectivity index (χ2v) is 5.83. The Morgan fingerprint density at radius 3 is 2.22 bits per heavy atom. The van der Waals surface area contributed by atoms with E-state index in [4.69, 9.17) is 11.5 Å². The molecule has 0 aromatic heterocycles. The van der Waals surface area contributed by atoms with Crippen molar-refractivity contribution in [1.29, 1.82) is 0 Å². The number of nitrogens with two attached hydrogens (primary N) is 2. The summed E-state index contributed by atoms with van der Waals surface area (Å²) in [5.41, 5.74) is 10.2. The third-order valence-electron chi connectivity index (χ3n) is 2.82. The van der Waals surface area contributed by atoms with Crippen LogP contribution in [0, 0.1) is 5.92 Å². The van der Waals surface area contributed by atoms with E-state index in [1.54, 1.807) is 13.8 Å². The van der Waals surface area contributed by atoms with Crippen molar-refractivity contribution >= 4 is 11.8 Å². The summed E-state index contributed by atoms with van der Waals surface area (Å²) in [6, 6.07) is 0.173. The maximum atomic E-state index is 11.9. The Balaban J connectivity index is 4.10. The van der Waals surface area contributed by atoms with Crippen molar-refractivity contribution in [3.05, 3.63) is 0 Å². The first-order valence-electron chi connectivity index (χ1n) is 6.50. The summed E-state index contributed by atoms with van der Waals surface area (Å²) in [4.78, 5) is 22.8. The quantitative estimate of drug-likeness (QED) is 0.602. The average Bonchev–Trinajstić information content (AvgIpc) is 2.13. The van der Waals surface area contributed by atoms with Crippen molar-refractivity contribution in [2.45, 2.75) is 65.0 Å². The zero-order valence-electron chi connectivity index (χ0n) is 12.0. The molecule has 5 N–H and O–H groups in total. The van der Waals surface area contributed by atoms with E-state index < -0.39 is 11.4 Å². The summed E-state index contributed by atoms with van der Waals surface area (Å²) in [6.45, 7) is 7.44. The highest BCUT2D eigenvalue weighted by molar-refractivity contribution is 5.81. The van der Waals surface area contributed by atoms with Crippen LogP contribution in [0.2, 0.25) is 0 Å². The van der Waals surface area contributed by atoms with Gasteiger partial charge in [-0.3, -0.25) is 9.59 Å². The highest BCUT2D eigenvalue weighted by Gasteiger charge is 2.25. The molecule has 106 valence electrons. The van der Waals surface area contributed by atoms with Gasteiger partial charge in [-0.1, -0.05) is 13.3 Å². The number of nitrogens with one attached hydrogen (secondary N) is 1. The Morgan fingerprint density at radius 1 is 1.22 bits per heavy atom. The summed E-state index contributed by atoms with van der Waals surface area (Å²) in [5, 5.41) is 2.85. The van der Waals surface area contributed by atoms with Gasteiger partial charge in [0.15, 0.2) is 0 Å². The summed E-state index contributed by atoms with van der Waals surface area (Å²) in [5.74, 6) is -0.522. The highest BCUT2D eigenvalue weighted by atomic mass is 16.2. The van der Waals surface area contributed by atoms with Gasteiger partial charge in [-0.15, -0.1) is 0 Å². The van der Waals surface area contributed by atoms with Crippen LogP contribution < -0.4 is 16.8 Å². The van der Waals surface area contributed by atoms with E-state index in [1.165, 1.54) is 0 Å². The Hall–Kier alpha value is -1.10. The molecule has 18 heavy (non-hydrogen) atoms. The van der Waals surface area contributed by atoms with E-state index in [1.807, 2.05) is 13.8 Å². The minimum atomic E-state index is -0.585. The minimum Gasteiger partial charge on any atom is -0.370 e. The van der Waals surface area contributed by atoms with Crippen LogP contribution >= 0.6 is 0 Å². The molecule has 0 aromatic carbocycles. The molecule has 0 heterocycles. The largest absolute Gasteiger partial charge is 0.370 e. The van der Waals surface area contributed by atoms with E-state index in [2.05, 4.69) is 5.32 Å². The number of hydrogen-bond donors (Lipinski definition) is 3. The van der Waals surface area contributed by atoms with Crippen LogP contribution in [0.25, 0.3) is 0 Å². The van der Waals surface area contributed by atoms with Crippen LogP contribution in [0.5, 0.6) is 0 Å². The van der Waals surface area contributed by atoms with E-state index in [0.29, 0.717) is 0 Å². The van der Waals surface area contributed by atoms with Crippen molar-refractivity contribution in [3.8, 4) is 0 Å². The fourth-order valence-electron chi connectivity index (χ4n) is 1.81.